The Morgan fingerprint density at radius 1 is 1.15 bits per heavy atom. The second-order valence-corrected chi connectivity index (χ2v) is 12.3. The quantitative estimate of drug-likeness (QED) is 0.296. The highest BCUT2D eigenvalue weighted by atomic mass is 32.1. The molecule has 39 heavy (non-hydrogen) atoms. The van der Waals surface area contributed by atoms with Gasteiger partial charge in [0, 0.05) is 25.9 Å². The van der Waals surface area contributed by atoms with Gasteiger partial charge in [-0.25, -0.2) is 4.98 Å². The minimum Gasteiger partial charge on any atom is -0.391 e. The third kappa shape index (κ3) is 8.58. The van der Waals surface area contributed by atoms with Gasteiger partial charge in [-0.05, 0) is 42.9 Å². The van der Waals surface area contributed by atoms with E-state index in [1.807, 2.05) is 57.5 Å². The molecule has 1 saturated heterocycles. The molecule has 214 valence electrons. The molecule has 0 spiro atoms. The minimum absolute atomic E-state index is 0.0569. The van der Waals surface area contributed by atoms with E-state index in [0.717, 1.165) is 47.4 Å². The van der Waals surface area contributed by atoms with Crippen LogP contribution in [0.4, 0.5) is 0 Å². The molecule has 5 N–H and O–H groups in total. The third-order valence-electron chi connectivity index (χ3n) is 7.07. The largest absolute Gasteiger partial charge is 0.391 e. The van der Waals surface area contributed by atoms with Crippen LogP contribution < -0.4 is 16.4 Å². The van der Waals surface area contributed by atoms with E-state index >= 15 is 0 Å². The molecule has 3 amide bonds. The average molecular weight is 558 g/mol. The number of β-amino-alcohol motifs (C(OH)–C–C–N with tert-alkyl or cyclic N) is 1. The lowest BCUT2D eigenvalue weighted by Crippen LogP contribution is -2.57. The van der Waals surface area contributed by atoms with Crippen molar-refractivity contribution in [2.75, 3.05) is 13.1 Å². The van der Waals surface area contributed by atoms with Gasteiger partial charge in [0.15, 0.2) is 0 Å². The highest BCUT2D eigenvalue weighted by molar-refractivity contribution is 7.13. The molecule has 1 aliphatic heterocycles. The Bertz CT molecular complexity index is 1110. The number of aliphatic hydroxyl groups is 1. The van der Waals surface area contributed by atoms with Gasteiger partial charge in [0.25, 0.3) is 0 Å². The lowest BCUT2D eigenvalue weighted by molar-refractivity contribution is -0.144. The summed E-state index contributed by atoms with van der Waals surface area (Å²) in [7, 11) is 0. The van der Waals surface area contributed by atoms with Crippen LogP contribution in [0.5, 0.6) is 0 Å². The number of nitrogens with two attached hydrogens (primary N) is 1. The molecule has 0 radical (unpaired) electrons. The molecule has 0 aliphatic carbocycles. The summed E-state index contributed by atoms with van der Waals surface area (Å²) < 4.78 is 0. The van der Waals surface area contributed by atoms with Crippen molar-refractivity contribution in [2.24, 2.45) is 11.1 Å². The van der Waals surface area contributed by atoms with E-state index < -0.39 is 23.6 Å². The Kier molecular flexibility index (Phi) is 11.0. The topological polar surface area (TPSA) is 138 Å². The maximum atomic E-state index is 13.7. The highest BCUT2D eigenvalue weighted by Gasteiger charge is 2.44. The number of likely N-dealkylation sites (tertiary alicyclic amines) is 1. The molecule has 0 bridgehead atoms. The van der Waals surface area contributed by atoms with Crippen molar-refractivity contribution in [3.63, 3.8) is 0 Å². The van der Waals surface area contributed by atoms with E-state index in [1.165, 1.54) is 4.90 Å². The molecule has 1 fully saturated rings. The van der Waals surface area contributed by atoms with Gasteiger partial charge < -0.3 is 26.4 Å². The van der Waals surface area contributed by atoms with Crippen LogP contribution in [0.2, 0.25) is 0 Å². The van der Waals surface area contributed by atoms with Crippen LogP contribution in [-0.4, -0.2) is 64.0 Å². The Morgan fingerprint density at radius 2 is 1.85 bits per heavy atom. The summed E-state index contributed by atoms with van der Waals surface area (Å²) >= 11 is 1.59. The molecule has 1 aromatic carbocycles. The molecule has 1 aromatic heterocycles. The first kappa shape index (κ1) is 30.7. The summed E-state index contributed by atoms with van der Waals surface area (Å²) in [6.45, 7) is 8.63. The van der Waals surface area contributed by atoms with Crippen LogP contribution in [0.1, 0.15) is 70.6 Å². The summed E-state index contributed by atoms with van der Waals surface area (Å²) in [6, 6.07) is 6.32. The Labute approximate surface area is 235 Å². The van der Waals surface area contributed by atoms with Gasteiger partial charge in [0.1, 0.15) is 12.1 Å². The summed E-state index contributed by atoms with van der Waals surface area (Å²) in [6.07, 6.45) is 3.24. The summed E-state index contributed by atoms with van der Waals surface area (Å²) in [5.74, 6) is -0.852. The van der Waals surface area contributed by atoms with Crippen LogP contribution in [0.25, 0.3) is 10.4 Å². The molecule has 2 heterocycles. The molecule has 9 nitrogen and oxygen atoms in total. The number of benzene rings is 1. The Balaban J connectivity index is 1.61. The number of rotatable bonds is 12. The number of nitrogens with zero attached hydrogens (tertiary/aromatic N) is 2. The predicted molar refractivity (Wildman–Crippen MR) is 154 cm³/mol. The van der Waals surface area contributed by atoms with E-state index in [0.29, 0.717) is 19.5 Å². The SMILES string of the molecule is Cc1ncsc1-c1ccc(CNC(=O)[C@@H]2C[C@@H](O)CN2C(=O)[C@@H](NC(=O)CCCCCCN)C(C)(C)C)cc1. The molecule has 0 unspecified atom stereocenters. The van der Waals surface area contributed by atoms with E-state index in [9.17, 15) is 19.5 Å². The fraction of sp³-hybridized carbons (Fsp3) is 0.586. The van der Waals surface area contributed by atoms with Gasteiger partial charge in [-0.2, -0.15) is 0 Å². The number of aromatic nitrogens is 1. The monoisotopic (exact) mass is 557 g/mol. The molecule has 2 aromatic rings. The first-order valence-electron chi connectivity index (χ1n) is 13.8. The number of unbranched alkanes of at least 4 members (excludes halogenated alkanes) is 3. The normalized spacial score (nSPS) is 18.2. The number of nitrogens with one attached hydrogen (secondary N) is 2. The van der Waals surface area contributed by atoms with Crippen LogP contribution in [0.3, 0.4) is 0 Å². The molecule has 3 atom stereocenters. The summed E-state index contributed by atoms with van der Waals surface area (Å²) in [5.41, 5.74) is 9.76. The van der Waals surface area contributed by atoms with Gasteiger partial charge in [-0.3, -0.25) is 14.4 Å². The zero-order valence-corrected chi connectivity index (χ0v) is 24.4. The molecule has 3 rings (SSSR count). The summed E-state index contributed by atoms with van der Waals surface area (Å²) in [4.78, 5) is 46.3. The van der Waals surface area contributed by atoms with E-state index in [2.05, 4.69) is 15.6 Å². The number of carbonyl (C=O) groups is 3. The van der Waals surface area contributed by atoms with Crippen LogP contribution in [0.15, 0.2) is 29.8 Å². The van der Waals surface area contributed by atoms with Crippen molar-refractivity contribution in [3.05, 3.63) is 41.0 Å². The number of aliphatic hydroxyl groups excluding tert-OH is 1. The van der Waals surface area contributed by atoms with Crippen molar-refractivity contribution >= 4 is 29.1 Å². The van der Waals surface area contributed by atoms with E-state index in [-0.39, 0.29) is 30.7 Å². The van der Waals surface area contributed by atoms with Gasteiger partial charge in [0.05, 0.1) is 22.2 Å². The number of hydrogen-bond donors (Lipinski definition) is 4. The molecular formula is C29H43N5O4S. The van der Waals surface area contributed by atoms with Crippen molar-refractivity contribution in [1.82, 2.24) is 20.5 Å². The van der Waals surface area contributed by atoms with Crippen molar-refractivity contribution in [3.8, 4) is 10.4 Å². The molecular weight excluding hydrogens is 514 g/mol. The summed E-state index contributed by atoms with van der Waals surface area (Å²) in [5, 5.41) is 16.2. The lowest BCUT2D eigenvalue weighted by atomic mass is 9.85. The zero-order chi connectivity index (χ0) is 28.6. The van der Waals surface area contributed by atoms with Gasteiger partial charge in [-0.1, -0.05) is 57.9 Å². The standard InChI is InChI=1S/C29H43N5O4S/c1-19-25(39-18-32-19)21-12-10-20(11-13-21)16-31-27(37)23-15-22(35)17-34(23)28(38)26(29(2,3)4)33-24(36)9-7-5-6-8-14-30/h10-13,18,22-23,26,35H,5-9,14-17,30H2,1-4H3,(H,31,37)(H,33,36)/t22-,23+,26-/m1/s1. The predicted octanol–water partition coefficient (Wildman–Crippen LogP) is 3.14. The number of thiazole rings is 1. The fourth-order valence-corrected chi connectivity index (χ4v) is 5.61. The van der Waals surface area contributed by atoms with Crippen molar-refractivity contribution < 1.29 is 19.5 Å². The van der Waals surface area contributed by atoms with Gasteiger partial charge in [0.2, 0.25) is 17.7 Å². The average Bonchev–Trinajstić information content (AvgIpc) is 3.50. The second kappa shape index (κ2) is 14.0. The zero-order valence-electron chi connectivity index (χ0n) is 23.5. The number of hydrogen-bond acceptors (Lipinski definition) is 7. The molecule has 10 heteroatoms. The van der Waals surface area contributed by atoms with Crippen LogP contribution >= 0.6 is 11.3 Å². The number of aryl methyl sites for hydroxylation is 1. The number of carbonyl (C=O) groups excluding carboxylic acids is 3. The van der Waals surface area contributed by atoms with E-state index in [1.54, 1.807) is 11.3 Å². The first-order valence-corrected chi connectivity index (χ1v) is 14.6. The smallest absolute Gasteiger partial charge is 0.246 e. The highest BCUT2D eigenvalue weighted by Crippen LogP contribution is 2.28. The molecule has 1 aliphatic rings. The van der Waals surface area contributed by atoms with Crippen molar-refractivity contribution in [2.45, 2.75) is 91.0 Å². The van der Waals surface area contributed by atoms with E-state index in [4.69, 9.17) is 5.73 Å². The first-order chi connectivity index (χ1) is 18.5. The molecule has 0 saturated carbocycles. The van der Waals surface area contributed by atoms with Crippen molar-refractivity contribution in [1.29, 1.82) is 0 Å². The maximum absolute atomic E-state index is 13.7. The van der Waals surface area contributed by atoms with Gasteiger partial charge in [-0.15, -0.1) is 11.3 Å². The maximum Gasteiger partial charge on any atom is 0.246 e. The third-order valence-corrected chi connectivity index (χ3v) is 8.05. The Hall–Kier alpha value is -2.82. The Morgan fingerprint density at radius 3 is 2.46 bits per heavy atom. The fourth-order valence-electron chi connectivity index (χ4n) is 4.80. The number of amides is 3. The van der Waals surface area contributed by atoms with Crippen LogP contribution in [0, 0.1) is 12.3 Å². The van der Waals surface area contributed by atoms with Gasteiger partial charge >= 0.3 is 0 Å². The minimum atomic E-state index is -0.808. The van der Waals surface area contributed by atoms with Crippen LogP contribution in [-0.2, 0) is 20.9 Å². The lowest BCUT2D eigenvalue weighted by Gasteiger charge is -2.35. The second-order valence-electron chi connectivity index (χ2n) is 11.4.